The van der Waals surface area contributed by atoms with Gasteiger partial charge in [-0.05, 0) is 37.0 Å². The highest BCUT2D eigenvalue weighted by atomic mass is 35.5. The number of carbonyl (C=O) groups is 1. The van der Waals surface area contributed by atoms with Crippen molar-refractivity contribution in [1.29, 1.82) is 0 Å². The van der Waals surface area contributed by atoms with E-state index in [1.807, 2.05) is 6.07 Å². The van der Waals surface area contributed by atoms with Crippen LogP contribution in [0, 0.1) is 5.92 Å². The number of aromatic carboxylic acids is 1. The lowest BCUT2D eigenvalue weighted by molar-refractivity contribution is 0.0697. The summed E-state index contributed by atoms with van der Waals surface area (Å²) < 4.78 is 0. The Morgan fingerprint density at radius 1 is 1.32 bits per heavy atom. The zero-order valence-electron chi connectivity index (χ0n) is 10.6. The summed E-state index contributed by atoms with van der Waals surface area (Å²) in [5.41, 5.74) is 3.15. The third kappa shape index (κ3) is 2.27. The molecule has 100 valence electrons. The van der Waals surface area contributed by atoms with Crippen molar-refractivity contribution in [2.75, 3.05) is 0 Å². The van der Waals surface area contributed by atoms with Crippen LogP contribution in [-0.2, 0) is 0 Å². The second kappa shape index (κ2) is 4.97. The van der Waals surface area contributed by atoms with Gasteiger partial charge < -0.3 is 5.11 Å². The van der Waals surface area contributed by atoms with Gasteiger partial charge in [0.15, 0.2) is 0 Å². The van der Waals surface area contributed by atoms with Gasteiger partial charge in [-0.15, -0.1) is 11.6 Å². The molecule has 19 heavy (non-hydrogen) atoms. The van der Waals surface area contributed by atoms with E-state index in [1.165, 1.54) is 12.8 Å². The molecule has 1 aliphatic carbocycles. The Balaban J connectivity index is 2.06. The molecule has 0 aromatic heterocycles. The van der Waals surface area contributed by atoms with Crippen LogP contribution in [0.2, 0.25) is 0 Å². The summed E-state index contributed by atoms with van der Waals surface area (Å²) in [7, 11) is 0. The Bertz CT molecular complexity index is 553. The molecule has 0 radical (unpaired) electrons. The van der Waals surface area contributed by atoms with Crippen LogP contribution in [0.3, 0.4) is 0 Å². The summed E-state index contributed by atoms with van der Waals surface area (Å²) in [6, 6.07) is 5.08. The van der Waals surface area contributed by atoms with Crippen LogP contribution >= 0.6 is 11.6 Å². The van der Waals surface area contributed by atoms with E-state index in [-0.39, 0.29) is 10.9 Å². The second-order valence-corrected chi connectivity index (χ2v) is 5.76. The third-order valence-electron chi connectivity index (χ3n) is 4.07. The quantitative estimate of drug-likeness (QED) is 0.777. The molecule has 1 N–H and O–H groups in total. The predicted octanol–water partition coefficient (Wildman–Crippen LogP) is 4.33. The highest BCUT2D eigenvalue weighted by molar-refractivity contribution is 6.23. The molecule has 2 aliphatic rings. The number of nitrogens with zero attached hydrogens (tertiary/aromatic N) is 1. The molecule has 1 aromatic carbocycles. The first kappa shape index (κ1) is 12.7. The van der Waals surface area contributed by atoms with E-state index in [0.29, 0.717) is 5.92 Å². The summed E-state index contributed by atoms with van der Waals surface area (Å²) in [4.78, 5) is 15.7. The number of hydrogen-bond acceptors (Lipinski definition) is 2. The number of hydrogen-bond donors (Lipinski definition) is 1. The van der Waals surface area contributed by atoms with Crippen molar-refractivity contribution in [2.45, 2.75) is 37.5 Å². The van der Waals surface area contributed by atoms with E-state index >= 15 is 0 Å². The van der Waals surface area contributed by atoms with Crippen LogP contribution in [0.1, 0.15) is 53.4 Å². The van der Waals surface area contributed by atoms with E-state index in [0.717, 1.165) is 36.2 Å². The van der Waals surface area contributed by atoms with E-state index < -0.39 is 5.97 Å². The molecular weight excluding hydrogens is 262 g/mol. The average Bonchev–Trinajstić information content (AvgIpc) is 2.63. The number of benzene rings is 1. The molecule has 1 aliphatic heterocycles. The van der Waals surface area contributed by atoms with Crippen molar-refractivity contribution in [1.82, 2.24) is 0 Å². The maximum absolute atomic E-state index is 11.0. The lowest BCUT2D eigenvalue weighted by Crippen LogP contribution is -2.21. The molecule has 4 heteroatoms. The van der Waals surface area contributed by atoms with Crippen LogP contribution in [-0.4, -0.2) is 16.8 Å². The normalized spacial score (nSPS) is 25.8. The molecule has 0 amide bonds. The lowest BCUT2D eigenvalue weighted by Gasteiger charge is -2.28. The smallest absolute Gasteiger partial charge is 0.335 e. The minimum absolute atomic E-state index is 0.0663. The van der Waals surface area contributed by atoms with Crippen molar-refractivity contribution in [3.8, 4) is 0 Å². The van der Waals surface area contributed by atoms with E-state index in [4.69, 9.17) is 16.7 Å². The highest BCUT2D eigenvalue weighted by Gasteiger charge is 2.32. The van der Waals surface area contributed by atoms with Gasteiger partial charge in [-0.2, -0.15) is 0 Å². The SMILES string of the molecule is O=C(O)c1ccc2c(c1)N=C1CCCCCC1C2Cl. The van der Waals surface area contributed by atoms with Gasteiger partial charge in [-0.25, -0.2) is 4.79 Å². The van der Waals surface area contributed by atoms with Crippen molar-refractivity contribution >= 4 is 29.0 Å². The second-order valence-electron chi connectivity index (χ2n) is 5.29. The fraction of sp³-hybridized carbons (Fsp3) is 0.467. The van der Waals surface area contributed by atoms with Crippen LogP contribution in [0.4, 0.5) is 5.69 Å². The minimum Gasteiger partial charge on any atom is -0.478 e. The number of aliphatic imine (C=N–C) groups is 1. The van der Waals surface area contributed by atoms with Gasteiger partial charge in [-0.3, -0.25) is 4.99 Å². The molecule has 0 saturated heterocycles. The monoisotopic (exact) mass is 277 g/mol. The van der Waals surface area contributed by atoms with Gasteiger partial charge in [0.1, 0.15) is 0 Å². The summed E-state index contributed by atoms with van der Waals surface area (Å²) in [6.45, 7) is 0. The molecule has 1 aromatic rings. The Morgan fingerprint density at radius 3 is 2.95 bits per heavy atom. The van der Waals surface area contributed by atoms with Crippen molar-refractivity contribution in [3.63, 3.8) is 0 Å². The van der Waals surface area contributed by atoms with E-state index in [1.54, 1.807) is 12.1 Å². The van der Waals surface area contributed by atoms with Crippen LogP contribution in [0.5, 0.6) is 0 Å². The average molecular weight is 278 g/mol. The molecule has 2 unspecified atom stereocenters. The number of halogens is 1. The number of carboxylic acids is 1. The summed E-state index contributed by atoms with van der Waals surface area (Å²) in [5.74, 6) is -0.593. The maximum Gasteiger partial charge on any atom is 0.335 e. The molecule has 1 heterocycles. The van der Waals surface area contributed by atoms with Gasteiger partial charge >= 0.3 is 5.97 Å². The maximum atomic E-state index is 11.0. The first-order valence-electron chi connectivity index (χ1n) is 6.75. The van der Waals surface area contributed by atoms with Crippen molar-refractivity contribution < 1.29 is 9.90 Å². The molecular formula is C15H16ClNO2. The Morgan fingerprint density at radius 2 is 2.16 bits per heavy atom. The van der Waals surface area contributed by atoms with Crippen LogP contribution in [0.15, 0.2) is 23.2 Å². The molecule has 0 spiro atoms. The van der Waals surface area contributed by atoms with Gasteiger partial charge in [0.25, 0.3) is 0 Å². The zero-order valence-corrected chi connectivity index (χ0v) is 11.4. The summed E-state index contributed by atoms with van der Waals surface area (Å²) in [5, 5.41) is 8.98. The van der Waals surface area contributed by atoms with Crippen molar-refractivity contribution in [2.24, 2.45) is 10.9 Å². The molecule has 1 saturated carbocycles. The molecule has 2 atom stereocenters. The molecule has 3 rings (SSSR count). The Labute approximate surface area is 117 Å². The molecule has 3 nitrogen and oxygen atoms in total. The van der Waals surface area contributed by atoms with Crippen LogP contribution in [0.25, 0.3) is 0 Å². The number of rotatable bonds is 1. The lowest BCUT2D eigenvalue weighted by atomic mass is 9.86. The summed E-state index contributed by atoms with van der Waals surface area (Å²) >= 11 is 6.60. The standard InChI is InChI=1S/C15H16ClNO2/c16-14-10-4-2-1-3-5-12(10)17-13-8-9(15(18)19)6-7-11(13)14/h6-8,10,14H,1-5H2,(H,18,19). The van der Waals surface area contributed by atoms with Gasteiger partial charge in [0.05, 0.1) is 16.6 Å². The van der Waals surface area contributed by atoms with E-state index in [9.17, 15) is 4.79 Å². The Hall–Kier alpha value is -1.35. The largest absolute Gasteiger partial charge is 0.478 e. The first-order chi connectivity index (χ1) is 9.16. The number of alkyl halides is 1. The van der Waals surface area contributed by atoms with E-state index in [2.05, 4.69) is 4.99 Å². The highest BCUT2D eigenvalue weighted by Crippen LogP contribution is 2.45. The fourth-order valence-corrected chi connectivity index (χ4v) is 3.49. The van der Waals surface area contributed by atoms with Gasteiger partial charge in [0, 0.05) is 11.6 Å². The first-order valence-corrected chi connectivity index (χ1v) is 7.19. The third-order valence-corrected chi connectivity index (χ3v) is 4.61. The van der Waals surface area contributed by atoms with Gasteiger partial charge in [-0.1, -0.05) is 18.9 Å². The summed E-state index contributed by atoms with van der Waals surface area (Å²) in [6.07, 6.45) is 5.68. The van der Waals surface area contributed by atoms with Crippen LogP contribution < -0.4 is 0 Å². The predicted molar refractivity (Wildman–Crippen MR) is 75.7 cm³/mol. The zero-order chi connectivity index (χ0) is 13.4. The van der Waals surface area contributed by atoms with Gasteiger partial charge in [0.2, 0.25) is 0 Å². The van der Waals surface area contributed by atoms with Crippen molar-refractivity contribution in [3.05, 3.63) is 29.3 Å². The minimum atomic E-state index is -0.919. The number of fused-ring (bicyclic) bond motifs is 2. The molecule has 0 bridgehead atoms. The molecule has 1 fully saturated rings. The Kier molecular flexibility index (Phi) is 3.31. The fourth-order valence-electron chi connectivity index (χ4n) is 3.03. The topological polar surface area (TPSA) is 49.7 Å². The number of carboxylic acid groups (broad SMARTS) is 1.